The summed E-state index contributed by atoms with van der Waals surface area (Å²) in [5, 5.41) is 15.5. The number of unbranched alkanes of at least 4 members (excludes halogenated alkanes) is 2. The lowest BCUT2D eigenvalue weighted by atomic mass is 10.0. The Kier molecular flexibility index (Phi) is 7.78. The zero-order chi connectivity index (χ0) is 25.7. The highest BCUT2D eigenvalue weighted by Gasteiger charge is 2.25. The molecule has 1 aliphatic rings. The van der Waals surface area contributed by atoms with Crippen molar-refractivity contribution in [3.63, 3.8) is 0 Å². The summed E-state index contributed by atoms with van der Waals surface area (Å²) in [4.78, 5) is 26.5. The van der Waals surface area contributed by atoms with Crippen LogP contribution in [-0.2, 0) is 0 Å². The summed E-state index contributed by atoms with van der Waals surface area (Å²) in [6.07, 6.45) is 4.62. The van der Waals surface area contributed by atoms with Crippen molar-refractivity contribution < 1.29 is 19.4 Å². The second-order valence-corrected chi connectivity index (χ2v) is 8.96. The van der Waals surface area contributed by atoms with E-state index in [1.54, 1.807) is 6.07 Å². The lowest BCUT2D eigenvalue weighted by Gasteiger charge is -2.26. The number of anilines is 3. The largest absolute Gasteiger partial charge is 0.478 e. The number of ether oxygens (including phenoxy) is 1. The monoisotopic (exact) mass is 487 g/mol. The van der Waals surface area contributed by atoms with Crippen LogP contribution in [0.25, 0.3) is 11.1 Å². The fourth-order valence-electron chi connectivity index (χ4n) is 4.37. The highest BCUT2D eigenvalue weighted by Crippen LogP contribution is 2.45. The Labute approximate surface area is 212 Å². The van der Waals surface area contributed by atoms with Crippen LogP contribution in [0.2, 0.25) is 0 Å². The Morgan fingerprint density at radius 2 is 1.67 bits per heavy atom. The number of rotatable bonds is 10. The summed E-state index contributed by atoms with van der Waals surface area (Å²) in [6, 6.07) is 17.3. The summed E-state index contributed by atoms with van der Waals surface area (Å²) in [6.45, 7) is 6.49. The molecule has 3 aromatic rings. The Bertz CT molecular complexity index is 1260. The van der Waals surface area contributed by atoms with Crippen LogP contribution in [0, 0.1) is 0 Å². The van der Waals surface area contributed by atoms with E-state index in [2.05, 4.69) is 53.6 Å². The lowest BCUT2D eigenvalue weighted by Crippen LogP contribution is -2.25. The van der Waals surface area contributed by atoms with Crippen LogP contribution in [0.5, 0.6) is 11.5 Å². The van der Waals surface area contributed by atoms with Crippen LogP contribution in [0.3, 0.4) is 0 Å². The predicted octanol–water partition coefficient (Wildman–Crippen LogP) is 6.67. The molecule has 188 valence electrons. The minimum absolute atomic E-state index is 0.0216. The van der Waals surface area contributed by atoms with Gasteiger partial charge in [-0.15, -0.1) is 0 Å². The molecule has 0 aliphatic carbocycles. The number of aromatic carboxylic acids is 1. The van der Waals surface area contributed by atoms with Crippen molar-refractivity contribution >= 4 is 28.9 Å². The predicted molar refractivity (Wildman–Crippen MR) is 144 cm³/mol. The molecule has 1 amide bonds. The molecular weight excluding hydrogens is 454 g/mol. The van der Waals surface area contributed by atoms with Gasteiger partial charge in [-0.2, -0.15) is 0 Å². The standard InChI is InChI=1S/C29H33N3O4/c1-4-6-13-32(14-7-5-2)22-10-8-9-19(15-22)20-11-12-25-24(17-20)31-27-23(29(34)35)16-21(28(33)30-3)18-26(27)36-25/h8-12,15-18,31H,4-7,13-14H2,1-3H3,(H,30,33)(H,34,35). The van der Waals surface area contributed by atoms with Crippen molar-refractivity contribution in [2.75, 3.05) is 30.4 Å². The Hall–Kier alpha value is -4.00. The van der Waals surface area contributed by atoms with Gasteiger partial charge in [0, 0.05) is 31.4 Å². The van der Waals surface area contributed by atoms with Gasteiger partial charge in [0.15, 0.2) is 11.5 Å². The van der Waals surface area contributed by atoms with E-state index in [9.17, 15) is 14.7 Å². The van der Waals surface area contributed by atoms with Gasteiger partial charge in [0.2, 0.25) is 0 Å². The van der Waals surface area contributed by atoms with Crippen molar-refractivity contribution in [1.82, 2.24) is 5.32 Å². The van der Waals surface area contributed by atoms with E-state index in [4.69, 9.17) is 4.74 Å². The third-order valence-corrected chi connectivity index (χ3v) is 6.39. The molecule has 7 heteroatoms. The van der Waals surface area contributed by atoms with Gasteiger partial charge in [-0.25, -0.2) is 4.79 Å². The number of fused-ring (bicyclic) bond motifs is 2. The van der Waals surface area contributed by atoms with E-state index < -0.39 is 5.97 Å². The number of carbonyl (C=O) groups is 2. The molecule has 0 saturated carbocycles. The molecule has 0 aromatic heterocycles. The van der Waals surface area contributed by atoms with Crippen LogP contribution in [0.4, 0.5) is 17.1 Å². The van der Waals surface area contributed by atoms with Crippen LogP contribution < -0.4 is 20.3 Å². The Balaban J connectivity index is 1.66. The number of nitrogens with one attached hydrogen (secondary N) is 2. The molecule has 4 rings (SSSR count). The smallest absolute Gasteiger partial charge is 0.337 e. The number of hydrogen-bond acceptors (Lipinski definition) is 5. The number of carboxylic acid groups (broad SMARTS) is 1. The Morgan fingerprint density at radius 1 is 0.944 bits per heavy atom. The van der Waals surface area contributed by atoms with Crippen LogP contribution in [0.1, 0.15) is 60.2 Å². The molecule has 0 unspecified atom stereocenters. The summed E-state index contributed by atoms with van der Waals surface area (Å²) >= 11 is 0. The molecule has 1 aliphatic heterocycles. The fourth-order valence-corrected chi connectivity index (χ4v) is 4.37. The second kappa shape index (κ2) is 11.2. The number of hydrogen-bond donors (Lipinski definition) is 3. The molecule has 0 spiro atoms. The molecule has 0 atom stereocenters. The maximum Gasteiger partial charge on any atom is 0.337 e. The van der Waals surface area contributed by atoms with Gasteiger partial charge in [0.1, 0.15) is 0 Å². The molecule has 7 nitrogen and oxygen atoms in total. The zero-order valence-electron chi connectivity index (χ0n) is 21.1. The lowest BCUT2D eigenvalue weighted by molar-refractivity contribution is 0.0697. The summed E-state index contributed by atoms with van der Waals surface area (Å²) in [5.74, 6) is -0.643. The van der Waals surface area contributed by atoms with E-state index in [0.717, 1.165) is 49.9 Å². The average Bonchev–Trinajstić information content (AvgIpc) is 2.90. The van der Waals surface area contributed by atoms with E-state index in [-0.39, 0.29) is 17.0 Å². The minimum Gasteiger partial charge on any atom is -0.478 e. The number of benzene rings is 3. The fraction of sp³-hybridized carbons (Fsp3) is 0.310. The van der Waals surface area contributed by atoms with Crippen LogP contribution in [-0.4, -0.2) is 37.1 Å². The second-order valence-electron chi connectivity index (χ2n) is 8.96. The van der Waals surface area contributed by atoms with Crippen molar-refractivity contribution in [2.24, 2.45) is 0 Å². The maximum atomic E-state index is 12.1. The summed E-state index contributed by atoms with van der Waals surface area (Å²) < 4.78 is 6.03. The molecule has 1 heterocycles. The van der Waals surface area contributed by atoms with E-state index in [0.29, 0.717) is 22.9 Å². The molecule has 0 saturated heterocycles. The highest BCUT2D eigenvalue weighted by molar-refractivity contribution is 6.03. The van der Waals surface area contributed by atoms with Gasteiger partial charge in [-0.05, 0) is 60.4 Å². The molecule has 0 fully saturated rings. The van der Waals surface area contributed by atoms with Crippen LogP contribution in [0.15, 0.2) is 54.6 Å². The van der Waals surface area contributed by atoms with Crippen molar-refractivity contribution in [1.29, 1.82) is 0 Å². The van der Waals surface area contributed by atoms with Gasteiger partial charge < -0.3 is 25.4 Å². The molecular formula is C29H33N3O4. The zero-order valence-corrected chi connectivity index (χ0v) is 21.1. The van der Waals surface area contributed by atoms with Crippen molar-refractivity contribution in [3.8, 4) is 22.6 Å². The first-order valence-corrected chi connectivity index (χ1v) is 12.5. The minimum atomic E-state index is -1.14. The van der Waals surface area contributed by atoms with E-state index in [1.807, 2.05) is 18.2 Å². The van der Waals surface area contributed by atoms with E-state index >= 15 is 0 Å². The molecule has 3 N–H and O–H groups in total. The number of carbonyl (C=O) groups excluding carboxylic acids is 1. The first-order chi connectivity index (χ1) is 17.4. The van der Waals surface area contributed by atoms with Gasteiger partial charge >= 0.3 is 5.97 Å². The number of carboxylic acids is 1. The van der Waals surface area contributed by atoms with Crippen molar-refractivity contribution in [2.45, 2.75) is 39.5 Å². The summed E-state index contributed by atoms with van der Waals surface area (Å²) in [7, 11) is 1.50. The maximum absolute atomic E-state index is 12.1. The Morgan fingerprint density at radius 3 is 2.33 bits per heavy atom. The highest BCUT2D eigenvalue weighted by atomic mass is 16.5. The van der Waals surface area contributed by atoms with E-state index in [1.165, 1.54) is 18.8 Å². The average molecular weight is 488 g/mol. The SMILES string of the molecule is CCCCN(CCCC)c1cccc(-c2ccc3c(c2)Nc2c(cc(C(=O)NC)cc2C(=O)O)O3)c1. The normalized spacial score (nSPS) is 11.5. The number of nitrogens with zero attached hydrogens (tertiary/aromatic N) is 1. The van der Waals surface area contributed by atoms with Gasteiger partial charge in [-0.1, -0.05) is 44.9 Å². The topological polar surface area (TPSA) is 90.9 Å². The molecule has 0 radical (unpaired) electrons. The third kappa shape index (κ3) is 5.30. The number of amides is 1. The quantitative estimate of drug-likeness (QED) is 0.231. The van der Waals surface area contributed by atoms with Gasteiger partial charge in [0.25, 0.3) is 5.91 Å². The van der Waals surface area contributed by atoms with Gasteiger partial charge in [-0.3, -0.25) is 4.79 Å². The van der Waals surface area contributed by atoms with Gasteiger partial charge in [0.05, 0.1) is 16.9 Å². The summed E-state index contributed by atoms with van der Waals surface area (Å²) in [5.41, 5.74) is 4.49. The molecule has 36 heavy (non-hydrogen) atoms. The van der Waals surface area contributed by atoms with Crippen molar-refractivity contribution in [3.05, 3.63) is 65.7 Å². The first kappa shape index (κ1) is 25.1. The van der Waals surface area contributed by atoms with Crippen LogP contribution >= 0.6 is 0 Å². The molecule has 0 bridgehead atoms. The first-order valence-electron chi connectivity index (χ1n) is 12.5. The molecule has 3 aromatic carbocycles. The third-order valence-electron chi connectivity index (χ3n) is 6.39.